The summed E-state index contributed by atoms with van der Waals surface area (Å²) in [4.78, 5) is 24.4. The van der Waals surface area contributed by atoms with Gasteiger partial charge in [0, 0.05) is 21.2 Å². The summed E-state index contributed by atoms with van der Waals surface area (Å²) in [6, 6.07) is 22.0. The van der Waals surface area contributed by atoms with Crippen molar-refractivity contribution >= 4 is 35.1 Å². The van der Waals surface area contributed by atoms with Gasteiger partial charge >= 0.3 is 11.9 Å². The number of likely N-dealkylation sites (N-methyl/N-ethyl adjacent to an activating group) is 2. The molecule has 0 aromatic heterocycles. The minimum absolute atomic E-state index is 0.334. The van der Waals surface area contributed by atoms with E-state index in [9.17, 15) is 9.59 Å². The molecule has 0 fully saturated rings. The molecule has 0 aliphatic rings. The minimum Gasteiger partial charge on any atom is -0.456 e. The van der Waals surface area contributed by atoms with Crippen LogP contribution in [-0.2, 0) is 22.6 Å². The maximum Gasteiger partial charge on any atom is 0.338 e. The second-order valence-electron chi connectivity index (χ2n) is 10.7. The van der Waals surface area contributed by atoms with Crippen LogP contribution in [0.4, 0.5) is 0 Å². The molecule has 202 valence electrons. The number of halogens is 2. The lowest BCUT2D eigenvalue weighted by atomic mass is 10.1. The molecular formula is C30H36Cl2N2O4+2. The molecule has 0 saturated heterocycles. The summed E-state index contributed by atoms with van der Waals surface area (Å²) < 4.78 is 12.3. The lowest BCUT2D eigenvalue weighted by Gasteiger charge is -2.30. The highest BCUT2D eigenvalue weighted by atomic mass is 35.5. The number of carbonyl (C=O) groups excluding carboxylic acids is 2. The number of hydrogen-bond donors (Lipinski definition) is 0. The Hall–Kier alpha value is -2.90. The van der Waals surface area contributed by atoms with Gasteiger partial charge in [-0.1, -0.05) is 47.5 Å². The van der Waals surface area contributed by atoms with Crippen molar-refractivity contribution in [1.82, 2.24) is 0 Å². The fraction of sp³-hybridized carbons (Fsp3) is 0.333. The van der Waals surface area contributed by atoms with E-state index in [2.05, 4.69) is 52.5 Å². The lowest BCUT2D eigenvalue weighted by Crippen LogP contribution is -2.42. The molecule has 0 amide bonds. The first kappa shape index (κ1) is 29.7. The molecule has 0 radical (unpaired) electrons. The minimum atomic E-state index is -0.341. The van der Waals surface area contributed by atoms with Crippen LogP contribution in [0.25, 0.3) is 0 Å². The van der Waals surface area contributed by atoms with Crippen molar-refractivity contribution in [3.05, 3.63) is 105 Å². The Balaban J connectivity index is 1.42. The molecule has 3 aromatic carbocycles. The second kappa shape index (κ2) is 13.3. The third-order valence-electron chi connectivity index (χ3n) is 6.26. The molecule has 0 heterocycles. The first-order chi connectivity index (χ1) is 17.9. The molecule has 0 N–H and O–H groups in total. The van der Waals surface area contributed by atoms with Gasteiger partial charge in [-0.3, -0.25) is 0 Å². The standard InChI is InChI=1S/C30H36Cl2N2O4/c1-33(2,17-19-37-29(35)25-9-13-27(31)14-10-25)21-23-5-7-24(8-6-23)22-34(3,4)18-20-38-30(36)26-11-15-28(32)16-12-26/h5-16H,17-22H2,1-4H3/q+2. The zero-order valence-electron chi connectivity index (χ0n) is 22.5. The van der Waals surface area contributed by atoms with Crippen LogP contribution in [0.5, 0.6) is 0 Å². The van der Waals surface area contributed by atoms with E-state index in [1.165, 1.54) is 11.1 Å². The number of rotatable bonds is 12. The monoisotopic (exact) mass is 558 g/mol. The van der Waals surface area contributed by atoms with Crippen molar-refractivity contribution in [2.24, 2.45) is 0 Å². The van der Waals surface area contributed by atoms with E-state index in [1.807, 2.05) is 0 Å². The molecular weight excluding hydrogens is 523 g/mol. The van der Waals surface area contributed by atoms with E-state index in [4.69, 9.17) is 32.7 Å². The van der Waals surface area contributed by atoms with E-state index in [0.29, 0.717) is 56.4 Å². The Morgan fingerprint density at radius 1 is 0.579 bits per heavy atom. The van der Waals surface area contributed by atoms with Gasteiger partial charge in [-0.15, -0.1) is 0 Å². The van der Waals surface area contributed by atoms with Crippen molar-refractivity contribution in [2.45, 2.75) is 13.1 Å². The number of carbonyl (C=O) groups is 2. The summed E-state index contributed by atoms with van der Waals surface area (Å²) in [6.45, 7) is 3.69. The van der Waals surface area contributed by atoms with Gasteiger partial charge in [0.25, 0.3) is 0 Å². The van der Waals surface area contributed by atoms with Gasteiger partial charge in [0.15, 0.2) is 0 Å². The zero-order valence-corrected chi connectivity index (χ0v) is 24.0. The molecule has 0 aliphatic heterocycles. The van der Waals surface area contributed by atoms with E-state index in [1.54, 1.807) is 48.5 Å². The molecule has 0 bridgehead atoms. The molecule has 38 heavy (non-hydrogen) atoms. The summed E-state index contributed by atoms with van der Waals surface area (Å²) >= 11 is 11.8. The molecule has 0 atom stereocenters. The predicted molar refractivity (Wildman–Crippen MR) is 151 cm³/mol. The Morgan fingerprint density at radius 3 is 1.21 bits per heavy atom. The van der Waals surface area contributed by atoms with Crippen LogP contribution in [-0.4, -0.2) is 75.4 Å². The maximum absolute atomic E-state index is 12.2. The molecule has 0 aliphatic carbocycles. The molecule has 0 saturated carbocycles. The highest BCUT2D eigenvalue weighted by Crippen LogP contribution is 2.16. The van der Waals surface area contributed by atoms with Crippen molar-refractivity contribution in [1.29, 1.82) is 0 Å². The molecule has 8 heteroatoms. The normalized spacial score (nSPS) is 11.7. The third-order valence-corrected chi connectivity index (χ3v) is 6.77. The number of quaternary nitrogens is 2. The van der Waals surface area contributed by atoms with Gasteiger partial charge in [0.05, 0.1) is 39.3 Å². The summed E-state index contributed by atoms with van der Waals surface area (Å²) in [7, 11) is 8.48. The summed E-state index contributed by atoms with van der Waals surface area (Å²) in [5.41, 5.74) is 3.42. The lowest BCUT2D eigenvalue weighted by molar-refractivity contribution is -0.904. The van der Waals surface area contributed by atoms with Crippen molar-refractivity contribution in [3.8, 4) is 0 Å². The summed E-state index contributed by atoms with van der Waals surface area (Å²) in [5.74, 6) is -0.682. The first-order valence-electron chi connectivity index (χ1n) is 12.5. The number of hydrogen-bond acceptors (Lipinski definition) is 4. The van der Waals surface area contributed by atoms with Crippen LogP contribution in [0.15, 0.2) is 72.8 Å². The Kier molecular flexibility index (Phi) is 10.3. The van der Waals surface area contributed by atoms with E-state index in [0.717, 1.165) is 13.1 Å². The third kappa shape index (κ3) is 9.76. The van der Waals surface area contributed by atoms with Crippen LogP contribution < -0.4 is 0 Å². The van der Waals surface area contributed by atoms with Gasteiger partial charge in [-0.05, 0) is 48.5 Å². The Labute approximate surface area is 235 Å². The summed E-state index contributed by atoms with van der Waals surface area (Å²) in [6.07, 6.45) is 0. The summed E-state index contributed by atoms with van der Waals surface area (Å²) in [5, 5.41) is 1.17. The Morgan fingerprint density at radius 2 is 0.895 bits per heavy atom. The number of ether oxygens (including phenoxy) is 2. The van der Waals surface area contributed by atoms with Gasteiger partial charge in [0.2, 0.25) is 0 Å². The average molecular weight is 560 g/mol. The quantitative estimate of drug-likeness (QED) is 0.206. The van der Waals surface area contributed by atoms with Gasteiger partial charge < -0.3 is 18.4 Å². The number of benzene rings is 3. The van der Waals surface area contributed by atoms with Crippen molar-refractivity contribution < 1.29 is 28.0 Å². The molecule has 0 unspecified atom stereocenters. The van der Waals surface area contributed by atoms with Crippen LogP contribution in [0.2, 0.25) is 10.0 Å². The van der Waals surface area contributed by atoms with E-state index >= 15 is 0 Å². The number of esters is 2. The van der Waals surface area contributed by atoms with Crippen LogP contribution in [0.3, 0.4) is 0 Å². The van der Waals surface area contributed by atoms with Crippen LogP contribution in [0.1, 0.15) is 31.8 Å². The van der Waals surface area contributed by atoms with E-state index < -0.39 is 0 Å². The largest absolute Gasteiger partial charge is 0.456 e. The smallest absolute Gasteiger partial charge is 0.338 e. The Bertz CT molecular complexity index is 1110. The zero-order chi connectivity index (χ0) is 27.8. The highest BCUT2D eigenvalue weighted by molar-refractivity contribution is 6.31. The molecule has 3 aromatic rings. The molecule has 6 nitrogen and oxygen atoms in total. The van der Waals surface area contributed by atoms with Gasteiger partial charge in [0.1, 0.15) is 39.4 Å². The van der Waals surface area contributed by atoms with Gasteiger partial charge in [-0.25, -0.2) is 9.59 Å². The van der Waals surface area contributed by atoms with Crippen molar-refractivity contribution in [2.75, 3.05) is 54.5 Å². The molecule has 3 rings (SSSR count). The fourth-order valence-electron chi connectivity index (χ4n) is 4.01. The first-order valence-corrected chi connectivity index (χ1v) is 13.3. The fourth-order valence-corrected chi connectivity index (χ4v) is 4.26. The predicted octanol–water partition coefficient (Wildman–Crippen LogP) is 5.86. The second-order valence-corrected chi connectivity index (χ2v) is 11.6. The SMILES string of the molecule is C[N+](C)(CCOC(=O)c1ccc(Cl)cc1)Cc1ccc(C[N+](C)(C)CCOC(=O)c2ccc(Cl)cc2)cc1. The molecule has 0 spiro atoms. The van der Waals surface area contributed by atoms with Crippen molar-refractivity contribution in [3.63, 3.8) is 0 Å². The van der Waals surface area contributed by atoms with E-state index in [-0.39, 0.29) is 11.9 Å². The average Bonchev–Trinajstić information content (AvgIpc) is 2.85. The maximum atomic E-state index is 12.2. The van der Waals surface area contributed by atoms with Gasteiger partial charge in [-0.2, -0.15) is 0 Å². The van der Waals surface area contributed by atoms with Crippen LogP contribution in [0, 0.1) is 0 Å². The number of nitrogens with zero attached hydrogens (tertiary/aromatic N) is 2. The van der Waals surface area contributed by atoms with Crippen LogP contribution >= 0.6 is 23.2 Å². The highest BCUT2D eigenvalue weighted by Gasteiger charge is 2.20. The topological polar surface area (TPSA) is 52.6 Å².